The third-order valence-electron chi connectivity index (χ3n) is 16.3. The van der Waals surface area contributed by atoms with Crippen LogP contribution in [0.4, 0.5) is 69.4 Å². The standard InChI is InChI=1S/C27H33ClN5O4PS.C21H23Cl2N4O3PS.C19H20ClN4O3PS.C3H9N/c1-18(2)39(35,36)25-7-5-4-6-23(25)30-26-21(28)17-29-27(32-26)31-22-11-10-20(16-24(22)37-3)38(34)14-12-33(13-15-38)19-8-9-19;1-13(2)32(29,30)19-8-6-5-7-18(19)25-20-16(23)12-24-21(27-20)26-17-10-9-14(11-15(17)22)31(3,4)28;1-12-10-13(28(2,3)25)8-9-15(12)23-19-21-11-14(20)18(24-19)22-16-6-4-5-7-17(16)29(26)27;1-2-3-4/h4-7,10-11,16-19H,8-9,12-15H2,1-3H3,(H2,29,30,31,32);5-13H,1-4H3,(H2,24,25,26,27);4-11H,1-3H3,(H,26,27)(H2,21,22,23,24);2-4H2,1H3/p-1. The Kier molecular flexibility index (Phi) is 28.6. The van der Waals surface area contributed by atoms with E-state index in [0.29, 0.717) is 62.9 Å². The summed E-state index contributed by atoms with van der Waals surface area (Å²) in [7, 11) is -12.8. The predicted octanol–water partition coefficient (Wildman–Crippen LogP) is 15.7. The van der Waals surface area contributed by atoms with Crippen LogP contribution in [0.5, 0.6) is 5.75 Å². The molecule has 1 atom stereocenters. The Balaban J connectivity index is 0.000000195. The molecule has 24 nitrogen and oxygen atoms in total. The van der Waals surface area contributed by atoms with Gasteiger partial charge in [0.25, 0.3) is 0 Å². The van der Waals surface area contributed by atoms with Crippen LogP contribution in [0.25, 0.3) is 0 Å². The SMILES string of the molecule is CC(C)S(=O)(=O)c1ccccc1Nc1nc(Nc2ccc(P(C)(C)=O)cc2Cl)ncc1Cl.CCCN.COc1cc(P2(=O)CCN(C3CC3)CC2)ccc1Nc1ncc(Cl)c(Nc2ccccc2S(=O)(=O)C(C)C)n1.Cc1cc(P(C)(C)=O)ccc1Nc1ncc(Cl)c(Nc2ccccc2S(=O)[O-])n1. The van der Waals surface area contributed by atoms with Crippen molar-refractivity contribution in [2.24, 2.45) is 5.73 Å². The molecule has 34 heteroatoms. The Morgan fingerprint density at radius 1 is 0.587 bits per heavy atom. The maximum atomic E-state index is 13.8. The van der Waals surface area contributed by atoms with Crippen LogP contribution in [-0.4, -0.2) is 143 Å². The van der Waals surface area contributed by atoms with Crippen LogP contribution in [0.1, 0.15) is 59.4 Å². The number of methoxy groups -OCH3 is 1. The molecule has 1 aliphatic carbocycles. The number of aryl methyl sites for hydroxylation is 1. The fraction of sp³-hybridized carbons (Fsp3) is 0.314. The molecule has 11 rings (SSSR count). The van der Waals surface area contributed by atoms with E-state index in [-0.39, 0.29) is 65.1 Å². The summed E-state index contributed by atoms with van der Waals surface area (Å²) in [5, 5.41) is 20.4. The predicted molar refractivity (Wildman–Crippen MR) is 427 cm³/mol. The van der Waals surface area contributed by atoms with Gasteiger partial charge in [-0.2, -0.15) is 15.0 Å². The summed E-state index contributed by atoms with van der Waals surface area (Å²) in [5.41, 5.74) is 8.91. The third kappa shape index (κ3) is 21.8. The van der Waals surface area contributed by atoms with Crippen molar-refractivity contribution in [2.75, 3.05) is 97.6 Å². The van der Waals surface area contributed by atoms with Crippen molar-refractivity contribution in [1.82, 2.24) is 34.8 Å². The van der Waals surface area contributed by atoms with Crippen LogP contribution >= 0.6 is 67.8 Å². The normalized spacial score (nSPS) is 14.1. The summed E-state index contributed by atoms with van der Waals surface area (Å²) in [4.78, 5) is 28.7. The van der Waals surface area contributed by atoms with E-state index in [1.54, 1.807) is 140 Å². The van der Waals surface area contributed by atoms with Crippen LogP contribution in [0.15, 0.2) is 161 Å². The van der Waals surface area contributed by atoms with Crippen LogP contribution < -0.4 is 58.3 Å². The van der Waals surface area contributed by atoms with E-state index in [1.807, 2.05) is 43.3 Å². The minimum absolute atomic E-state index is 0.103. The number of sulfone groups is 2. The van der Waals surface area contributed by atoms with E-state index >= 15 is 0 Å². The third-order valence-corrected chi connectivity index (χ3v) is 28.7. The second-order valence-corrected chi connectivity index (χ2v) is 42.6. The average Bonchev–Trinajstić information content (AvgIpc) is 1.25. The van der Waals surface area contributed by atoms with Gasteiger partial charge in [-0.15, -0.1) is 0 Å². The van der Waals surface area contributed by atoms with Gasteiger partial charge in [0.1, 0.15) is 42.2 Å². The van der Waals surface area contributed by atoms with Crippen molar-refractivity contribution in [2.45, 2.75) is 92.0 Å². The Morgan fingerprint density at radius 3 is 1.40 bits per heavy atom. The summed E-state index contributed by atoms with van der Waals surface area (Å²) in [6, 6.07) is 36.5. The number of hydrogen-bond acceptors (Lipinski definition) is 24. The molecule has 1 aliphatic heterocycles. The van der Waals surface area contributed by atoms with Crippen LogP contribution in [0.2, 0.25) is 20.1 Å². The summed E-state index contributed by atoms with van der Waals surface area (Å²) in [5.74, 6) is 2.01. The molecule has 0 spiro atoms. The van der Waals surface area contributed by atoms with Gasteiger partial charge in [0.05, 0.1) is 79.5 Å². The fourth-order valence-corrected chi connectivity index (χ4v) is 18.1. The highest BCUT2D eigenvalue weighted by molar-refractivity contribution is 7.92. The summed E-state index contributed by atoms with van der Waals surface area (Å²) in [6.07, 6.45) is 9.23. The summed E-state index contributed by atoms with van der Waals surface area (Å²) >= 11 is 22.7. The molecule has 0 radical (unpaired) electrons. The topological polar surface area (TPSA) is 348 Å². The van der Waals surface area contributed by atoms with E-state index in [4.69, 9.17) is 56.9 Å². The summed E-state index contributed by atoms with van der Waals surface area (Å²) in [6.45, 7) is 19.8. The largest absolute Gasteiger partial charge is 0.768 e. The first-order valence-electron chi connectivity index (χ1n) is 32.8. The Morgan fingerprint density at radius 2 is 0.990 bits per heavy atom. The van der Waals surface area contributed by atoms with Gasteiger partial charge in [-0.3, -0.25) is 9.11 Å². The number of hydrogen-bond donors (Lipinski definition) is 7. The monoisotopic (exact) mass is 1610 g/mol. The zero-order valence-electron chi connectivity index (χ0n) is 59.1. The van der Waals surface area contributed by atoms with Crippen LogP contribution in [0.3, 0.4) is 0 Å². The minimum Gasteiger partial charge on any atom is -0.768 e. The summed E-state index contributed by atoms with van der Waals surface area (Å²) < 4.78 is 118. The van der Waals surface area contributed by atoms with E-state index in [2.05, 4.69) is 73.6 Å². The zero-order chi connectivity index (χ0) is 76.1. The lowest BCUT2D eigenvalue weighted by molar-refractivity contribution is 0.285. The average molecular weight is 1610 g/mol. The lowest BCUT2D eigenvalue weighted by Gasteiger charge is -2.32. The number of anilines is 12. The highest BCUT2D eigenvalue weighted by Crippen LogP contribution is 2.49. The molecular formula is C70H84Cl4N14O10P3S3-. The van der Waals surface area contributed by atoms with Crippen LogP contribution in [0, 0.1) is 6.92 Å². The van der Waals surface area contributed by atoms with Gasteiger partial charge in [-0.1, -0.05) is 89.7 Å². The number of rotatable bonds is 23. The molecule has 3 aromatic heterocycles. The second kappa shape index (κ2) is 36.0. The molecule has 104 heavy (non-hydrogen) atoms. The molecule has 6 aromatic carbocycles. The second-order valence-electron chi connectivity index (χ2n) is 25.5. The quantitative estimate of drug-likeness (QED) is 0.0231. The molecule has 9 aromatic rings. The lowest BCUT2D eigenvalue weighted by Crippen LogP contribution is -2.38. The van der Waals surface area contributed by atoms with E-state index in [9.17, 15) is 39.3 Å². The van der Waals surface area contributed by atoms with Crippen molar-refractivity contribution >= 4 is 184 Å². The van der Waals surface area contributed by atoms with Gasteiger partial charge in [0.2, 0.25) is 17.8 Å². The molecular weight excluding hydrogens is 1530 g/mol. The molecule has 4 heterocycles. The lowest BCUT2D eigenvalue weighted by atomic mass is 10.2. The molecule has 1 saturated carbocycles. The number of para-hydroxylation sites is 3. The van der Waals surface area contributed by atoms with E-state index in [1.165, 1.54) is 43.6 Å². The van der Waals surface area contributed by atoms with Gasteiger partial charge >= 0.3 is 0 Å². The Labute approximate surface area is 630 Å². The molecule has 2 fully saturated rings. The van der Waals surface area contributed by atoms with Crippen molar-refractivity contribution in [3.63, 3.8) is 0 Å². The van der Waals surface area contributed by atoms with E-state index < -0.39 is 62.7 Å². The fourth-order valence-electron chi connectivity index (χ4n) is 10.1. The van der Waals surface area contributed by atoms with E-state index in [0.717, 1.165) is 47.9 Å². The number of ether oxygens (including phenoxy) is 1. The number of benzene rings is 6. The molecule has 0 bridgehead atoms. The number of halogens is 4. The number of aromatic nitrogens is 6. The van der Waals surface area contributed by atoms with Crippen LogP contribution in [-0.2, 0) is 44.5 Å². The first kappa shape index (κ1) is 82.6. The highest BCUT2D eigenvalue weighted by Gasteiger charge is 2.37. The van der Waals surface area contributed by atoms with Crippen molar-refractivity contribution in [3.8, 4) is 5.75 Å². The zero-order valence-corrected chi connectivity index (χ0v) is 67.3. The maximum Gasteiger partial charge on any atom is 0.229 e. The minimum atomic E-state index is -3.54. The number of nitrogens with two attached hydrogens (primary N) is 1. The van der Waals surface area contributed by atoms with Gasteiger partial charge in [0.15, 0.2) is 37.1 Å². The molecule has 1 saturated heterocycles. The molecule has 8 N–H and O–H groups in total. The smallest absolute Gasteiger partial charge is 0.229 e. The Hall–Kier alpha value is -7.06. The van der Waals surface area contributed by atoms with Gasteiger partial charge in [-0.25, -0.2) is 31.8 Å². The Bertz CT molecular complexity index is 4970. The maximum absolute atomic E-state index is 13.8. The molecule has 1 unspecified atom stereocenters. The van der Waals surface area contributed by atoms with Crippen molar-refractivity contribution in [1.29, 1.82) is 0 Å². The number of nitrogens with zero attached hydrogens (tertiary/aromatic N) is 7. The van der Waals surface area contributed by atoms with Gasteiger partial charge in [-0.05, 0) is 195 Å². The van der Waals surface area contributed by atoms with Gasteiger partial charge < -0.3 is 60.6 Å². The molecule has 556 valence electrons. The van der Waals surface area contributed by atoms with Crippen molar-refractivity contribution in [3.05, 3.63) is 172 Å². The van der Waals surface area contributed by atoms with Crippen molar-refractivity contribution < 1.29 is 44.0 Å². The van der Waals surface area contributed by atoms with Gasteiger partial charge in [0, 0.05) is 58.0 Å². The first-order chi connectivity index (χ1) is 49.1. The molecule has 2 aliphatic rings. The highest BCUT2D eigenvalue weighted by atomic mass is 35.5. The molecule has 0 amide bonds. The number of nitrogens with one attached hydrogen (secondary N) is 6. The first-order valence-corrected chi connectivity index (χ1v) is 45.8.